The van der Waals surface area contributed by atoms with E-state index in [0.29, 0.717) is 37.8 Å². The molecule has 0 bridgehead atoms. The summed E-state index contributed by atoms with van der Waals surface area (Å²) in [5.74, 6) is -8.93. The molecule has 48 heavy (non-hydrogen) atoms. The Kier molecular flexibility index (Phi) is 10.1. The molecular formula is C34H28F4N2O8. The maximum Gasteiger partial charge on any atom is 0.344 e. The molecule has 0 fully saturated rings. The lowest BCUT2D eigenvalue weighted by Crippen LogP contribution is -2.16. The highest BCUT2D eigenvalue weighted by molar-refractivity contribution is 6.18. The van der Waals surface area contributed by atoms with Crippen LogP contribution in [0.2, 0.25) is 0 Å². The number of hydrogen-bond acceptors (Lipinski definition) is 8. The summed E-state index contributed by atoms with van der Waals surface area (Å²) in [5, 5.41) is 4.73. The summed E-state index contributed by atoms with van der Waals surface area (Å²) in [6.07, 6.45) is 2.45. The summed E-state index contributed by atoms with van der Waals surface area (Å²) in [6, 6.07) is 7.20. The predicted molar refractivity (Wildman–Crippen MR) is 165 cm³/mol. The Labute approximate surface area is 270 Å². The first-order valence-electron chi connectivity index (χ1n) is 14.9. The number of halogens is 4. The minimum atomic E-state index is -1.16. The number of amides is 2. The molecule has 0 saturated heterocycles. The maximum atomic E-state index is 14.4. The monoisotopic (exact) mass is 668 g/mol. The minimum absolute atomic E-state index is 0.0227. The van der Waals surface area contributed by atoms with Gasteiger partial charge in [-0.25, -0.2) is 27.2 Å². The first kappa shape index (κ1) is 33.7. The highest BCUT2D eigenvalue weighted by Gasteiger charge is 2.30. The third kappa shape index (κ3) is 7.01. The SMILES string of the molecule is CCCCOC(=O)c1c(NC(=O)c2ccc(F)cc2F)oc2cc3c(C(=O)OCCCC)c(NC(=O)c4ccc(F)cc4F)oc3cc12. The molecule has 0 spiro atoms. The third-order valence-corrected chi connectivity index (χ3v) is 7.17. The van der Waals surface area contributed by atoms with Crippen LogP contribution in [-0.2, 0) is 9.47 Å². The highest BCUT2D eigenvalue weighted by Crippen LogP contribution is 2.39. The van der Waals surface area contributed by atoms with E-state index in [1.54, 1.807) is 0 Å². The molecule has 3 aromatic carbocycles. The van der Waals surface area contributed by atoms with Gasteiger partial charge in [0.15, 0.2) is 0 Å². The predicted octanol–water partition coefficient (Wildman–Crippen LogP) is 8.15. The Morgan fingerprint density at radius 3 is 1.38 bits per heavy atom. The van der Waals surface area contributed by atoms with Crippen LogP contribution in [-0.4, -0.2) is 37.0 Å². The first-order chi connectivity index (χ1) is 23.0. The highest BCUT2D eigenvalue weighted by atomic mass is 19.1. The van der Waals surface area contributed by atoms with Gasteiger partial charge in [-0.2, -0.15) is 0 Å². The van der Waals surface area contributed by atoms with Crippen LogP contribution in [0.15, 0.2) is 57.4 Å². The average molecular weight is 669 g/mol. The van der Waals surface area contributed by atoms with Crippen molar-refractivity contribution in [1.82, 2.24) is 0 Å². The van der Waals surface area contributed by atoms with E-state index in [4.69, 9.17) is 18.3 Å². The minimum Gasteiger partial charge on any atom is -0.462 e. The van der Waals surface area contributed by atoms with Crippen molar-refractivity contribution in [3.8, 4) is 0 Å². The Morgan fingerprint density at radius 1 is 0.625 bits per heavy atom. The van der Waals surface area contributed by atoms with Crippen LogP contribution < -0.4 is 10.6 Å². The van der Waals surface area contributed by atoms with Crippen LogP contribution in [0.25, 0.3) is 21.9 Å². The number of hydrogen-bond donors (Lipinski definition) is 2. The molecule has 0 aliphatic rings. The average Bonchev–Trinajstić information content (AvgIpc) is 3.55. The van der Waals surface area contributed by atoms with Crippen LogP contribution >= 0.6 is 0 Å². The summed E-state index contributed by atoms with van der Waals surface area (Å²) < 4.78 is 78.0. The normalized spacial score (nSPS) is 11.1. The molecule has 5 rings (SSSR count). The molecule has 5 aromatic rings. The number of unbranched alkanes of at least 4 members (excludes halogenated alkanes) is 2. The van der Waals surface area contributed by atoms with Crippen LogP contribution in [0.1, 0.15) is 81.0 Å². The molecule has 0 aliphatic carbocycles. The second kappa shape index (κ2) is 14.4. The van der Waals surface area contributed by atoms with Gasteiger partial charge in [0.05, 0.1) is 24.3 Å². The lowest BCUT2D eigenvalue weighted by atomic mass is 10.1. The van der Waals surface area contributed by atoms with E-state index in [1.807, 2.05) is 13.8 Å². The molecule has 0 saturated carbocycles. The zero-order valence-electron chi connectivity index (χ0n) is 25.6. The van der Waals surface area contributed by atoms with Crippen molar-refractivity contribution in [3.05, 3.63) is 94.1 Å². The van der Waals surface area contributed by atoms with Gasteiger partial charge in [-0.05, 0) is 49.2 Å². The van der Waals surface area contributed by atoms with Gasteiger partial charge in [0.1, 0.15) is 45.6 Å². The third-order valence-electron chi connectivity index (χ3n) is 7.17. The summed E-state index contributed by atoms with van der Waals surface area (Å²) >= 11 is 0. The fraction of sp³-hybridized carbons (Fsp3) is 0.235. The van der Waals surface area contributed by atoms with Gasteiger partial charge in [0.2, 0.25) is 11.8 Å². The molecule has 2 aromatic heterocycles. The maximum absolute atomic E-state index is 14.4. The van der Waals surface area contributed by atoms with Gasteiger partial charge in [-0.1, -0.05) is 26.7 Å². The van der Waals surface area contributed by atoms with Crippen molar-refractivity contribution >= 4 is 57.5 Å². The standard InChI is InChI=1S/C34H28F4N2O8/c1-3-5-11-45-33(43)27-21-15-26-22(16-25(21)47-31(27)39-29(41)19-9-7-17(35)13-23(19)37)28(34(44)46-12-6-4-2)32(48-26)40-30(42)20-10-8-18(36)14-24(20)38/h7-10,13-16H,3-6,11-12H2,1-2H3,(H,39,41)(H,40,42). The van der Waals surface area contributed by atoms with Crippen molar-refractivity contribution < 1.29 is 55.0 Å². The summed E-state index contributed by atoms with van der Waals surface area (Å²) in [4.78, 5) is 52.5. The second-order valence-electron chi connectivity index (χ2n) is 10.6. The topological polar surface area (TPSA) is 137 Å². The van der Waals surface area contributed by atoms with Crippen molar-refractivity contribution in [2.24, 2.45) is 0 Å². The van der Waals surface area contributed by atoms with E-state index in [-0.39, 0.29) is 46.3 Å². The molecule has 10 nitrogen and oxygen atoms in total. The second-order valence-corrected chi connectivity index (χ2v) is 10.6. The number of esters is 2. The lowest BCUT2D eigenvalue weighted by molar-refractivity contribution is 0.0492. The van der Waals surface area contributed by atoms with Crippen molar-refractivity contribution in [2.45, 2.75) is 39.5 Å². The number of nitrogens with one attached hydrogen (secondary N) is 2. The smallest absolute Gasteiger partial charge is 0.344 e. The molecule has 2 heterocycles. The molecule has 0 aliphatic heterocycles. The summed E-state index contributed by atoms with van der Waals surface area (Å²) in [5.41, 5.74) is -1.75. The molecule has 2 amide bonds. The van der Waals surface area contributed by atoms with E-state index in [0.717, 1.165) is 24.3 Å². The number of rotatable bonds is 12. The Hall–Kier alpha value is -5.66. The molecule has 0 unspecified atom stereocenters. The molecular weight excluding hydrogens is 640 g/mol. The number of anilines is 2. The van der Waals surface area contributed by atoms with Gasteiger partial charge < -0.3 is 18.3 Å². The number of ether oxygens (including phenoxy) is 2. The fourth-order valence-corrected chi connectivity index (χ4v) is 4.72. The Balaban J connectivity index is 1.62. The van der Waals surface area contributed by atoms with Crippen LogP contribution in [0.4, 0.5) is 29.3 Å². The van der Waals surface area contributed by atoms with E-state index < -0.39 is 69.9 Å². The zero-order chi connectivity index (χ0) is 34.5. The fourth-order valence-electron chi connectivity index (χ4n) is 4.72. The molecule has 0 radical (unpaired) electrons. The number of carbonyl (C=O) groups excluding carboxylic acids is 4. The molecule has 2 N–H and O–H groups in total. The lowest BCUT2D eigenvalue weighted by Gasteiger charge is -2.07. The Bertz CT molecular complexity index is 1910. The van der Waals surface area contributed by atoms with E-state index in [9.17, 15) is 36.7 Å². The van der Waals surface area contributed by atoms with E-state index in [2.05, 4.69) is 10.6 Å². The zero-order valence-corrected chi connectivity index (χ0v) is 25.6. The number of furan rings is 2. The quantitative estimate of drug-likeness (QED) is 0.0772. The molecule has 14 heteroatoms. The van der Waals surface area contributed by atoms with E-state index in [1.165, 1.54) is 12.1 Å². The van der Waals surface area contributed by atoms with Gasteiger partial charge in [-0.3, -0.25) is 20.2 Å². The van der Waals surface area contributed by atoms with Crippen LogP contribution in [0.3, 0.4) is 0 Å². The summed E-state index contributed by atoms with van der Waals surface area (Å²) in [7, 11) is 0. The number of fused-ring (bicyclic) bond motifs is 2. The van der Waals surface area contributed by atoms with E-state index >= 15 is 0 Å². The molecule has 250 valence electrons. The van der Waals surface area contributed by atoms with Crippen molar-refractivity contribution in [2.75, 3.05) is 23.8 Å². The van der Waals surface area contributed by atoms with Crippen LogP contribution in [0.5, 0.6) is 0 Å². The number of benzene rings is 3. The van der Waals surface area contributed by atoms with Gasteiger partial charge in [-0.15, -0.1) is 0 Å². The van der Waals surface area contributed by atoms with Crippen LogP contribution in [0, 0.1) is 23.3 Å². The Morgan fingerprint density at radius 2 is 1.02 bits per heavy atom. The largest absolute Gasteiger partial charge is 0.462 e. The van der Waals surface area contributed by atoms with Gasteiger partial charge in [0.25, 0.3) is 11.8 Å². The first-order valence-corrected chi connectivity index (χ1v) is 14.9. The van der Waals surface area contributed by atoms with Gasteiger partial charge in [0, 0.05) is 22.9 Å². The van der Waals surface area contributed by atoms with Gasteiger partial charge >= 0.3 is 11.9 Å². The summed E-state index contributed by atoms with van der Waals surface area (Å²) in [6.45, 7) is 3.80. The van der Waals surface area contributed by atoms with Crippen molar-refractivity contribution in [3.63, 3.8) is 0 Å². The molecule has 0 atom stereocenters. The number of carbonyl (C=O) groups is 4. The van der Waals surface area contributed by atoms with Crippen molar-refractivity contribution in [1.29, 1.82) is 0 Å².